The zero-order valence-corrected chi connectivity index (χ0v) is 8.70. The molecule has 0 bridgehead atoms. The molecule has 0 saturated carbocycles. The molecule has 1 aromatic rings. The molecule has 0 aliphatic carbocycles. The van der Waals surface area contributed by atoms with Crippen molar-refractivity contribution in [3.05, 3.63) is 34.9 Å². The van der Waals surface area contributed by atoms with Gasteiger partial charge in [0.1, 0.15) is 5.84 Å². The number of nitrogens with zero attached hydrogens (tertiary/aromatic N) is 2. The van der Waals surface area contributed by atoms with Crippen molar-refractivity contribution >= 4 is 17.4 Å². The highest BCUT2D eigenvalue weighted by Crippen LogP contribution is 2.10. The van der Waals surface area contributed by atoms with Gasteiger partial charge in [-0.2, -0.15) is 0 Å². The van der Waals surface area contributed by atoms with Crippen molar-refractivity contribution in [3.8, 4) is 0 Å². The van der Waals surface area contributed by atoms with Gasteiger partial charge in [0.05, 0.1) is 6.54 Å². The summed E-state index contributed by atoms with van der Waals surface area (Å²) in [5, 5.41) is 5.86. The van der Waals surface area contributed by atoms with E-state index in [0.717, 1.165) is 5.56 Å². The minimum absolute atomic E-state index is 0.432. The predicted molar refractivity (Wildman–Crippen MR) is 58.5 cm³/mol. The van der Waals surface area contributed by atoms with E-state index in [-0.39, 0.29) is 0 Å². The summed E-state index contributed by atoms with van der Waals surface area (Å²) in [6.07, 6.45) is 0. The van der Waals surface area contributed by atoms with Crippen LogP contribution in [0, 0.1) is 0 Å². The van der Waals surface area contributed by atoms with E-state index < -0.39 is 0 Å². The molecule has 76 valence electrons. The normalized spacial score (nSPS) is 11.5. The third-order valence-corrected chi connectivity index (χ3v) is 1.80. The third kappa shape index (κ3) is 3.64. The Morgan fingerprint density at radius 1 is 1.43 bits per heavy atom. The first-order valence-corrected chi connectivity index (χ1v) is 4.53. The molecule has 0 atom stereocenters. The van der Waals surface area contributed by atoms with Crippen molar-refractivity contribution in [1.82, 2.24) is 5.12 Å². The van der Waals surface area contributed by atoms with Gasteiger partial charge in [-0.25, -0.2) is 11.0 Å². The fourth-order valence-corrected chi connectivity index (χ4v) is 1.14. The van der Waals surface area contributed by atoms with Crippen LogP contribution in [-0.4, -0.2) is 11.0 Å². The van der Waals surface area contributed by atoms with Crippen molar-refractivity contribution < 1.29 is 0 Å². The zero-order valence-electron chi connectivity index (χ0n) is 7.94. The summed E-state index contributed by atoms with van der Waals surface area (Å²) in [6, 6.07) is 7.40. The quantitative estimate of drug-likeness (QED) is 0.344. The van der Waals surface area contributed by atoms with E-state index in [1.54, 1.807) is 6.92 Å². The first kappa shape index (κ1) is 10.8. The highest BCUT2D eigenvalue weighted by atomic mass is 35.5. The molecule has 14 heavy (non-hydrogen) atoms. The van der Waals surface area contributed by atoms with Crippen molar-refractivity contribution in [1.29, 1.82) is 0 Å². The Morgan fingerprint density at radius 2 is 2.00 bits per heavy atom. The van der Waals surface area contributed by atoms with Crippen molar-refractivity contribution in [2.75, 3.05) is 0 Å². The van der Waals surface area contributed by atoms with E-state index in [1.807, 2.05) is 24.3 Å². The standard InChI is InChI=1S/C9H13ClN4/c1-7(11)13-14(12)6-8-2-4-9(10)5-3-8/h2-5H,6,12H2,1H3,(H2,11,13). The van der Waals surface area contributed by atoms with E-state index >= 15 is 0 Å². The number of hydrogen-bond donors (Lipinski definition) is 2. The van der Waals surface area contributed by atoms with Crippen LogP contribution in [0.15, 0.2) is 29.4 Å². The Bertz CT molecular complexity index is 316. The van der Waals surface area contributed by atoms with Crippen LogP contribution in [0.2, 0.25) is 5.02 Å². The Morgan fingerprint density at radius 3 is 2.50 bits per heavy atom. The van der Waals surface area contributed by atoms with Gasteiger partial charge in [0.2, 0.25) is 0 Å². The highest BCUT2D eigenvalue weighted by Gasteiger charge is 1.97. The van der Waals surface area contributed by atoms with Crippen LogP contribution in [0.3, 0.4) is 0 Å². The van der Waals surface area contributed by atoms with E-state index in [2.05, 4.69) is 5.10 Å². The van der Waals surface area contributed by atoms with Crippen LogP contribution in [-0.2, 0) is 6.54 Å². The van der Waals surface area contributed by atoms with Gasteiger partial charge in [0.15, 0.2) is 0 Å². The monoisotopic (exact) mass is 212 g/mol. The first-order valence-electron chi connectivity index (χ1n) is 4.15. The number of benzene rings is 1. The Balaban J connectivity index is 2.61. The van der Waals surface area contributed by atoms with Gasteiger partial charge < -0.3 is 5.73 Å². The number of rotatable bonds is 3. The van der Waals surface area contributed by atoms with Crippen molar-refractivity contribution in [3.63, 3.8) is 0 Å². The Kier molecular flexibility index (Phi) is 3.73. The van der Waals surface area contributed by atoms with Crippen LogP contribution in [0.1, 0.15) is 12.5 Å². The zero-order chi connectivity index (χ0) is 10.6. The molecule has 0 heterocycles. The summed E-state index contributed by atoms with van der Waals surface area (Å²) >= 11 is 5.74. The number of hydrazone groups is 1. The van der Waals surface area contributed by atoms with Gasteiger partial charge >= 0.3 is 0 Å². The molecular weight excluding hydrogens is 200 g/mol. The number of amidine groups is 1. The Labute approximate surface area is 88.1 Å². The van der Waals surface area contributed by atoms with E-state index in [1.165, 1.54) is 5.12 Å². The molecule has 0 amide bonds. The SMILES string of the molecule is C/C(N)=N/N(N)Cc1ccc(Cl)cc1. The molecule has 0 radical (unpaired) electrons. The minimum atomic E-state index is 0.432. The fourth-order valence-electron chi connectivity index (χ4n) is 1.01. The van der Waals surface area contributed by atoms with Crippen LogP contribution >= 0.6 is 11.6 Å². The van der Waals surface area contributed by atoms with E-state index in [9.17, 15) is 0 Å². The van der Waals surface area contributed by atoms with E-state index in [4.69, 9.17) is 23.2 Å². The summed E-state index contributed by atoms with van der Waals surface area (Å²) in [4.78, 5) is 0. The van der Waals surface area contributed by atoms with Crippen molar-refractivity contribution in [2.24, 2.45) is 16.7 Å². The second-order valence-electron chi connectivity index (χ2n) is 2.97. The third-order valence-electron chi connectivity index (χ3n) is 1.54. The van der Waals surface area contributed by atoms with Crippen LogP contribution < -0.4 is 11.6 Å². The van der Waals surface area contributed by atoms with Crippen LogP contribution in [0.5, 0.6) is 0 Å². The molecule has 0 aromatic heterocycles. The van der Waals surface area contributed by atoms with Gasteiger partial charge in [-0.05, 0) is 24.6 Å². The highest BCUT2D eigenvalue weighted by molar-refractivity contribution is 6.30. The molecule has 4 N–H and O–H groups in total. The lowest BCUT2D eigenvalue weighted by Crippen LogP contribution is -2.27. The summed E-state index contributed by atoms with van der Waals surface area (Å²) in [5.74, 6) is 6.01. The minimum Gasteiger partial charge on any atom is -0.386 e. The largest absolute Gasteiger partial charge is 0.386 e. The number of halogens is 1. The molecule has 5 heteroatoms. The molecule has 1 aromatic carbocycles. The summed E-state index contributed by atoms with van der Waals surface area (Å²) in [6.45, 7) is 2.19. The molecule has 0 fully saturated rings. The first-order chi connectivity index (χ1) is 6.58. The van der Waals surface area contributed by atoms with Gasteiger partial charge in [-0.1, -0.05) is 23.7 Å². The lowest BCUT2D eigenvalue weighted by atomic mass is 10.2. The van der Waals surface area contributed by atoms with E-state index in [0.29, 0.717) is 17.4 Å². The van der Waals surface area contributed by atoms with Gasteiger partial charge in [-0.3, -0.25) is 0 Å². The average molecular weight is 213 g/mol. The maximum atomic E-state index is 5.74. The van der Waals surface area contributed by atoms with Gasteiger partial charge in [-0.15, -0.1) is 5.10 Å². The second-order valence-corrected chi connectivity index (χ2v) is 3.40. The number of hydrogen-bond acceptors (Lipinski definition) is 3. The van der Waals surface area contributed by atoms with Crippen LogP contribution in [0.25, 0.3) is 0 Å². The Hall–Kier alpha value is -1.26. The molecule has 0 unspecified atom stereocenters. The maximum Gasteiger partial charge on any atom is 0.118 e. The summed E-state index contributed by atoms with van der Waals surface area (Å²) in [7, 11) is 0. The van der Waals surface area contributed by atoms with Crippen LogP contribution in [0.4, 0.5) is 0 Å². The lowest BCUT2D eigenvalue weighted by Gasteiger charge is -2.12. The molecule has 1 rings (SSSR count). The summed E-state index contributed by atoms with van der Waals surface area (Å²) in [5.41, 5.74) is 6.41. The topological polar surface area (TPSA) is 67.6 Å². The molecule has 0 aliphatic heterocycles. The smallest absolute Gasteiger partial charge is 0.118 e. The second kappa shape index (κ2) is 4.83. The number of nitrogens with two attached hydrogens (primary N) is 2. The summed E-state index contributed by atoms with van der Waals surface area (Å²) < 4.78 is 0. The molecular formula is C9H13ClN4. The van der Waals surface area contributed by atoms with Gasteiger partial charge in [0, 0.05) is 5.02 Å². The van der Waals surface area contributed by atoms with Crippen molar-refractivity contribution in [2.45, 2.75) is 13.5 Å². The fraction of sp³-hybridized carbons (Fsp3) is 0.222. The molecule has 0 saturated heterocycles. The maximum absolute atomic E-state index is 5.74. The predicted octanol–water partition coefficient (Wildman–Crippen LogP) is 1.31. The number of hydrazine groups is 1. The molecule has 0 aliphatic rings. The van der Waals surface area contributed by atoms with Gasteiger partial charge in [0.25, 0.3) is 0 Å². The average Bonchev–Trinajstić information content (AvgIpc) is 2.07. The molecule has 0 spiro atoms. The molecule has 4 nitrogen and oxygen atoms in total. The lowest BCUT2D eigenvalue weighted by molar-refractivity contribution is 0.290.